The first-order valence-electron chi connectivity index (χ1n) is 7.75. The van der Waals surface area contributed by atoms with Crippen molar-refractivity contribution < 1.29 is 31.1 Å². The third kappa shape index (κ3) is 3.32. The van der Waals surface area contributed by atoms with Crippen LogP contribution in [0.15, 0.2) is 36.4 Å². The minimum atomic E-state index is -4.72. The van der Waals surface area contributed by atoms with Gasteiger partial charge in [-0.3, -0.25) is 14.8 Å². The van der Waals surface area contributed by atoms with E-state index in [1.165, 1.54) is 0 Å². The van der Waals surface area contributed by atoms with Crippen molar-refractivity contribution >= 4 is 17.8 Å². The first-order chi connectivity index (χ1) is 13.1. The van der Waals surface area contributed by atoms with Gasteiger partial charge in [-0.2, -0.15) is 18.3 Å². The first kappa shape index (κ1) is 19.5. The van der Waals surface area contributed by atoms with Crippen LogP contribution < -0.4 is 4.90 Å². The maximum absolute atomic E-state index is 14.6. The van der Waals surface area contributed by atoms with Crippen LogP contribution >= 0.6 is 0 Å². The predicted molar refractivity (Wildman–Crippen MR) is 88.3 cm³/mol. The Bertz CT molecular complexity index is 1020. The summed E-state index contributed by atoms with van der Waals surface area (Å²) in [5.74, 6) is -3.10. The number of nitrogens with one attached hydrogen (secondary N) is 1. The lowest BCUT2D eigenvalue weighted by atomic mass is 10.1. The highest BCUT2D eigenvalue weighted by atomic mass is 19.4. The van der Waals surface area contributed by atoms with Crippen LogP contribution in [0.4, 0.5) is 37.7 Å². The van der Waals surface area contributed by atoms with Gasteiger partial charge in [-0.25, -0.2) is 13.2 Å². The number of H-pyrrole nitrogens is 1. The third-order valence-electron chi connectivity index (χ3n) is 4.06. The summed E-state index contributed by atoms with van der Waals surface area (Å²) in [6.07, 6.45) is -4.62. The molecule has 1 heterocycles. The zero-order valence-electron chi connectivity index (χ0n) is 14.1. The van der Waals surface area contributed by atoms with Crippen LogP contribution in [0.5, 0.6) is 0 Å². The van der Waals surface area contributed by atoms with Gasteiger partial charge < -0.3 is 0 Å². The molecule has 1 aromatic heterocycles. The van der Waals surface area contributed by atoms with Gasteiger partial charge in [0.2, 0.25) is 6.41 Å². The molecule has 0 aliphatic heterocycles. The molecule has 0 bridgehead atoms. The second kappa shape index (κ2) is 7.02. The summed E-state index contributed by atoms with van der Waals surface area (Å²) in [5, 5.41) is 5.30. The topological polar surface area (TPSA) is 49.0 Å². The van der Waals surface area contributed by atoms with Gasteiger partial charge in [0, 0.05) is 11.1 Å². The molecule has 10 heteroatoms. The summed E-state index contributed by atoms with van der Waals surface area (Å²) in [5.41, 5.74) is -2.87. The number of aromatic amines is 1. The van der Waals surface area contributed by atoms with Crippen LogP contribution in [-0.4, -0.2) is 16.6 Å². The molecule has 0 atom stereocenters. The van der Waals surface area contributed by atoms with Crippen molar-refractivity contribution in [1.29, 1.82) is 0 Å². The lowest BCUT2D eigenvalue weighted by molar-refractivity contribution is -0.141. The standard InChI is InChI=1S/C18H11F6N3O/c1-9-15(25-26-17(9)18(22,23)24)11-6-5-10(7-14(11)21)27(8-28)16-12(19)3-2-4-13(16)20/h2-8H,1H3,(H,25,26). The van der Waals surface area contributed by atoms with E-state index in [1.807, 2.05) is 0 Å². The average molecular weight is 399 g/mol. The zero-order chi connectivity index (χ0) is 20.6. The second-order valence-electron chi connectivity index (χ2n) is 5.78. The molecular formula is C18H11F6N3O. The van der Waals surface area contributed by atoms with Crippen LogP contribution in [0, 0.1) is 24.4 Å². The molecule has 4 nitrogen and oxygen atoms in total. The molecule has 0 saturated heterocycles. The number of nitrogens with zero attached hydrogens (tertiary/aromatic N) is 2. The van der Waals surface area contributed by atoms with Crippen LogP contribution in [0.2, 0.25) is 0 Å². The molecule has 0 fully saturated rings. The number of anilines is 2. The minimum Gasteiger partial charge on any atom is -0.278 e. The maximum Gasteiger partial charge on any atom is 0.435 e. The van der Waals surface area contributed by atoms with E-state index in [9.17, 15) is 31.1 Å². The number of rotatable bonds is 4. The number of hydrogen-bond acceptors (Lipinski definition) is 2. The monoisotopic (exact) mass is 399 g/mol. The molecule has 28 heavy (non-hydrogen) atoms. The van der Waals surface area contributed by atoms with Crippen LogP contribution in [0.3, 0.4) is 0 Å². The highest BCUT2D eigenvalue weighted by Crippen LogP contribution is 2.37. The van der Waals surface area contributed by atoms with Crippen molar-refractivity contribution in [2.45, 2.75) is 13.1 Å². The van der Waals surface area contributed by atoms with Crippen LogP contribution in [0.25, 0.3) is 11.3 Å². The SMILES string of the molecule is Cc1c(C(F)(F)F)n[nH]c1-c1ccc(N(C=O)c2c(F)cccc2F)cc1F. The molecule has 0 aliphatic carbocycles. The van der Waals surface area contributed by atoms with Crippen molar-refractivity contribution in [1.82, 2.24) is 10.2 Å². The van der Waals surface area contributed by atoms with Gasteiger partial charge in [0.1, 0.15) is 23.1 Å². The molecule has 0 spiro atoms. The fraction of sp³-hybridized carbons (Fsp3) is 0.111. The number of para-hydroxylation sites is 1. The number of hydrogen-bond donors (Lipinski definition) is 1. The molecule has 0 aliphatic rings. The number of halogens is 6. The summed E-state index contributed by atoms with van der Waals surface area (Å²) in [7, 11) is 0. The summed E-state index contributed by atoms with van der Waals surface area (Å²) < 4.78 is 81.0. The molecule has 2 aromatic carbocycles. The van der Waals surface area contributed by atoms with Gasteiger partial charge in [0.15, 0.2) is 5.69 Å². The lowest BCUT2D eigenvalue weighted by Crippen LogP contribution is -2.17. The van der Waals surface area contributed by atoms with Gasteiger partial charge in [0.05, 0.1) is 11.4 Å². The second-order valence-corrected chi connectivity index (χ2v) is 5.78. The summed E-state index contributed by atoms with van der Waals surface area (Å²) in [6.45, 7) is 1.13. The van der Waals surface area contributed by atoms with E-state index < -0.39 is 35.0 Å². The zero-order valence-corrected chi connectivity index (χ0v) is 14.1. The Morgan fingerprint density at radius 3 is 2.18 bits per heavy atom. The van der Waals surface area contributed by atoms with Gasteiger partial charge >= 0.3 is 6.18 Å². The molecule has 3 aromatic rings. The summed E-state index contributed by atoms with van der Waals surface area (Å²) in [4.78, 5) is 11.9. The normalized spacial score (nSPS) is 11.5. The summed E-state index contributed by atoms with van der Waals surface area (Å²) >= 11 is 0. The van der Waals surface area contributed by atoms with E-state index in [4.69, 9.17) is 0 Å². The van der Waals surface area contributed by atoms with Crippen molar-refractivity contribution in [3.8, 4) is 11.3 Å². The molecule has 0 saturated carbocycles. The quantitative estimate of drug-likeness (QED) is 0.489. The Morgan fingerprint density at radius 2 is 1.68 bits per heavy atom. The molecule has 146 valence electrons. The number of amides is 1. The Labute approximate surface area is 154 Å². The van der Waals surface area contributed by atoms with Gasteiger partial charge in [-0.1, -0.05) is 6.07 Å². The highest BCUT2D eigenvalue weighted by molar-refractivity contribution is 5.87. The van der Waals surface area contributed by atoms with E-state index in [-0.39, 0.29) is 28.9 Å². The molecule has 1 N–H and O–H groups in total. The first-order valence-corrected chi connectivity index (χ1v) is 7.75. The minimum absolute atomic E-state index is 0.0964. The van der Waals surface area contributed by atoms with Gasteiger partial charge in [-0.15, -0.1) is 0 Å². The largest absolute Gasteiger partial charge is 0.435 e. The predicted octanol–water partition coefficient (Wildman–Crippen LogP) is 5.12. The van der Waals surface area contributed by atoms with Crippen molar-refractivity contribution in [3.63, 3.8) is 0 Å². The van der Waals surface area contributed by atoms with Crippen molar-refractivity contribution in [2.75, 3.05) is 4.90 Å². The molecule has 0 unspecified atom stereocenters. The Balaban J connectivity index is 2.06. The molecular weight excluding hydrogens is 388 g/mol. The summed E-state index contributed by atoms with van der Waals surface area (Å²) in [6, 6.07) is 5.95. The van der Waals surface area contributed by atoms with E-state index in [0.717, 1.165) is 43.3 Å². The number of aromatic nitrogens is 2. The van der Waals surface area contributed by atoms with Crippen LogP contribution in [0.1, 0.15) is 11.3 Å². The maximum atomic E-state index is 14.6. The smallest absolute Gasteiger partial charge is 0.278 e. The number of benzene rings is 2. The average Bonchev–Trinajstić information content (AvgIpc) is 3.00. The highest BCUT2D eigenvalue weighted by Gasteiger charge is 2.37. The Morgan fingerprint density at radius 1 is 1.04 bits per heavy atom. The lowest BCUT2D eigenvalue weighted by Gasteiger charge is -2.19. The number of carbonyl (C=O) groups is 1. The third-order valence-corrected chi connectivity index (χ3v) is 4.06. The van der Waals surface area contributed by atoms with E-state index in [2.05, 4.69) is 10.2 Å². The van der Waals surface area contributed by atoms with E-state index >= 15 is 0 Å². The Kier molecular flexibility index (Phi) is 4.88. The fourth-order valence-corrected chi connectivity index (χ4v) is 2.75. The Hall–Kier alpha value is -3.30. The van der Waals surface area contributed by atoms with E-state index in [1.54, 1.807) is 0 Å². The van der Waals surface area contributed by atoms with Crippen LogP contribution in [-0.2, 0) is 11.0 Å². The number of carbonyl (C=O) groups excluding carboxylic acids is 1. The molecule has 3 rings (SSSR count). The number of alkyl halides is 3. The van der Waals surface area contributed by atoms with Crippen molar-refractivity contribution in [2.24, 2.45) is 0 Å². The van der Waals surface area contributed by atoms with Crippen molar-refractivity contribution in [3.05, 3.63) is 65.1 Å². The van der Waals surface area contributed by atoms with E-state index in [0.29, 0.717) is 4.90 Å². The molecule has 0 radical (unpaired) electrons. The van der Waals surface area contributed by atoms with Gasteiger partial charge in [-0.05, 0) is 37.3 Å². The fourth-order valence-electron chi connectivity index (χ4n) is 2.75. The molecule has 1 amide bonds. The van der Waals surface area contributed by atoms with Gasteiger partial charge in [0.25, 0.3) is 0 Å².